The number of amides is 4. The summed E-state index contributed by atoms with van der Waals surface area (Å²) < 4.78 is 62.6. The number of carbonyl (C=O) groups excluding carboxylic acids is 4. The van der Waals surface area contributed by atoms with E-state index in [9.17, 15) is 36.4 Å². The van der Waals surface area contributed by atoms with Crippen molar-refractivity contribution in [3.8, 4) is 5.88 Å². The average molecular weight is 751 g/mol. The molecule has 5 atom stereocenters. The van der Waals surface area contributed by atoms with Crippen molar-refractivity contribution in [2.45, 2.75) is 93.7 Å². The average Bonchev–Trinajstić information content (AvgIpc) is 4.04. The lowest BCUT2D eigenvalue weighted by molar-refractivity contribution is -0.141. The summed E-state index contributed by atoms with van der Waals surface area (Å²) in [6, 6.07) is 7.11. The van der Waals surface area contributed by atoms with Gasteiger partial charge in [0.15, 0.2) is 5.82 Å². The number of aryl methyl sites for hydroxylation is 1. The van der Waals surface area contributed by atoms with Crippen molar-refractivity contribution in [2.75, 3.05) is 6.54 Å². The van der Waals surface area contributed by atoms with Crippen molar-refractivity contribution in [2.24, 2.45) is 5.92 Å². The van der Waals surface area contributed by atoms with E-state index in [0.717, 1.165) is 12.5 Å². The maximum atomic E-state index is 14.7. The van der Waals surface area contributed by atoms with Crippen LogP contribution in [0.1, 0.15) is 73.8 Å². The summed E-state index contributed by atoms with van der Waals surface area (Å²) in [5.74, 6) is -4.52. The van der Waals surface area contributed by atoms with Crippen molar-refractivity contribution < 1.29 is 41.1 Å². The molecule has 13 nitrogen and oxygen atoms in total. The zero-order chi connectivity index (χ0) is 37.5. The van der Waals surface area contributed by atoms with Gasteiger partial charge < -0.3 is 20.3 Å². The van der Waals surface area contributed by atoms with Crippen LogP contribution in [0.25, 0.3) is 11.0 Å². The largest absolute Gasteiger partial charge is 0.471 e. The maximum absolute atomic E-state index is 14.7. The summed E-state index contributed by atoms with van der Waals surface area (Å²) in [5.41, 5.74) is -0.893. The molecule has 4 aliphatic rings. The molecule has 7 rings (SSSR count). The van der Waals surface area contributed by atoms with Crippen LogP contribution < -0.4 is 20.1 Å². The highest BCUT2D eigenvalue weighted by Gasteiger charge is 2.62. The molecule has 3 N–H and O–H groups in total. The Morgan fingerprint density at radius 3 is 2.60 bits per heavy atom. The molecule has 3 heterocycles. The van der Waals surface area contributed by atoms with Crippen molar-refractivity contribution in [1.29, 1.82) is 0 Å². The fraction of sp³-hybridized carbons (Fsp3) is 0.459. The highest BCUT2D eigenvalue weighted by atomic mass is 32.2. The molecule has 0 radical (unpaired) electrons. The van der Waals surface area contributed by atoms with E-state index in [1.165, 1.54) is 35.2 Å². The summed E-state index contributed by atoms with van der Waals surface area (Å²) in [6.45, 7) is 1.49. The lowest BCUT2D eigenvalue weighted by Crippen LogP contribution is -2.58. The number of para-hydroxylation sites is 1. The Bertz CT molecular complexity index is 2110. The van der Waals surface area contributed by atoms with Crippen molar-refractivity contribution >= 4 is 44.7 Å². The molecule has 0 spiro atoms. The van der Waals surface area contributed by atoms with Gasteiger partial charge in [-0.25, -0.2) is 27.2 Å². The third-order valence-electron chi connectivity index (χ3n) is 10.3. The third-order valence-corrected chi connectivity index (χ3v) is 12.1. The predicted octanol–water partition coefficient (Wildman–Crippen LogP) is 3.37. The molecule has 53 heavy (non-hydrogen) atoms. The van der Waals surface area contributed by atoms with Gasteiger partial charge in [-0.3, -0.25) is 23.9 Å². The van der Waals surface area contributed by atoms with Gasteiger partial charge in [0, 0.05) is 17.9 Å². The van der Waals surface area contributed by atoms with E-state index < -0.39 is 80.2 Å². The van der Waals surface area contributed by atoms with E-state index in [-0.39, 0.29) is 42.8 Å². The maximum Gasteiger partial charge on any atom is 0.259 e. The number of benzene rings is 2. The number of ether oxygens (including phenoxy) is 1. The van der Waals surface area contributed by atoms with Crippen LogP contribution in [0.4, 0.5) is 8.78 Å². The minimum atomic E-state index is -3.93. The number of nitrogens with zero attached hydrogens (tertiary/aromatic N) is 3. The molecule has 1 aromatic heterocycles. The number of allylic oxidation sites excluding steroid dienone is 1. The Morgan fingerprint density at radius 1 is 1.04 bits per heavy atom. The summed E-state index contributed by atoms with van der Waals surface area (Å²) in [7, 11) is -3.93. The fourth-order valence-electron chi connectivity index (χ4n) is 7.10. The van der Waals surface area contributed by atoms with Crippen LogP contribution in [-0.2, 0) is 24.4 Å². The van der Waals surface area contributed by atoms with Crippen LogP contribution in [-0.4, -0.2) is 82.4 Å². The van der Waals surface area contributed by atoms with E-state index in [1.807, 2.05) is 12.2 Å². The SMILES string of the molecule is Cc1nc2cccc(F)c2nc1O[C@@H]1C[C@H]2C(=O)N[C@]3(C(=O)NS(=O)(=O)C4CC4)CC3/C=C\CCCCC[C@H](NC(=O)c3cccc(F)c3)C(=O)N2C1. The molecule has 280 valence electrons. The molecule has 0 bridgehead atoms. The van der Waals surface area contributed by atoms with Gasteiger partial charge in [-0.2, -0.15) is 0 Å². The van der Waals surface area contributed by atoms with Crippen molar-refractivity contribution in [3.63, 3.8) is 0 Å². The van der Waals surface area contributed by atoms with Crippen LogP contribution in [0.15, 0.2) is 54.6 Å². The highest BCUT2D eigenvalue weighted by Crippen LogP contribution is 2.46. The normalized spacial score (nSPS) is 27.0. The minimum Gasteiger partial charge on any atom is -0.471 e. The summed E-state index contributed by atoms with van der Waals surface area (Å²) in [4.78, 5) is 65.7. The lowest BCUT2D eigenvalue weighted by Gasteiger charge is -2.30. The Balaban J connectivity index is 1.20. The first-order chi connectivity index (χ1) is 25.3. The standard InChI is InChI=1S/C37H40F2N6O7S/c1-21-34(42-31-27(39)12-8-14-28(31)40-21)52-25-18-30-33(47)43-37(36(49)44-53(50,51)26-15-16-26)19-23(37)10-5-3-2-4-6-13-29(35(48)45(30)20-25)41-32(46)22-9-7-11-24(38)17-22/h5,7-12,14,17,23,25-26,29-30H,2-4,6,13,15-16,18-20H2,1H3,(H,41,46)(H,43,47)(H,44,49)/b10-5-/t23?,25-,29+,30+,37-/m1/s1. The molecule has 3 aromatic rings. The Morgan fingerprint density at radius 2 is 1.83 bits per heavy atom. The summed E-state index contributed by atoms with van der Waals surface area (Å²) >= 11 is 0. The van der Waals surface area contributed by atoms with Crippen molar-refractivity contribution in [3.05, 3.63) is 77.5 Å². The molecule has 2 saturated carbocycles. The van der Waals surface area contributed by atoms with Gasteiger partial charge in [-0.05, 0) is 75.8 Å². The van der Waals surface area contributed by atoms with E-state index in [0.29, 0.717) is 43.3 Å². The zero-order valence-electron chi connectivity index (χ0n) is 29.0. The molecule has 2 aliphatic carbocycles. The first-order valence-electron chi connectivity index (χ1n) is 17.9. The Hall–Kier alpha value is -4.99. The second-order valence-electron chi connectivity index (χ2n) is 14.3. The number of carbonyl (C=O) groups is 4. The number of halogens is 2. The van der Waals surface area contributed by atoms with Gasteiger partial charge in [0.05, 0.1) is 17.3 Å². The molecule has 16 heteroatoms. The minimum absolute atomic E-state index is 0.00711. The first kappa shape index (κ1) is 36.4. The third kappa shape index (κ3) is 7.73. The van der Waals surface area contributed by atoms with Crippen LogP contribution in [0.5, 0.6) is 5.88 Å². The molecule has 4 amide bonds. The smallest absolute Gasteiger partial charge is 0.259 e. The Kier molecular flexibility index (Phi) is 9.91. The van der Waals surface area contributed by atoms with Gasteiger partial charge in [0.1, 0.15) is 40.8 Å². The van der Waals surface area contributed by atoms with E-state index in [2.05, 4.69) is 25.3 Å². The zero-order valence-corrected chi connectivity index (χ0v) is 29.8. The summed E-state index contributed by atoms with van der Waals surface area (Å²) in [6.07, 6.45) is 6.68. The molecular formula is C37H40F2N6O7S. The fourth-order valence-corrected chi connectivity index (χ4v) is 8.47. The van der Waals surface area contributed by atoms with Gasteiger partial charge in [0.25, 0.3) is 11.8 Å². The molecular weight excluding hydrogens is 711 g/mol. The number of hydrogen-bond acceptors (Lipinski definition) is 9. The molecule has 1 saturated heterocycles. The van der Waals surface area contributed by atoms with Gasteiger partial charge in [-0.15, -0.1) is 0 Å². The molecule has 1 unspecified atom stereocenters. The van der Waals surface area contributed by atoms with Gasteiger partial charge >= 0.3 is 0 Å². The predicted molar refractivity (Wildman–Crippen MR) is 188 cm³/mol. The second-order valence-corrected chi connectivity index (χ2v) is 16.2. The van der Waals surface area contributed by atoms with Crippen LogP contribution in [0, 0.1) is 24.5 Å². The van der Waals surface area contributed by atoms with E-state index in [4.69, 9.17) is 4.74 Å². The molecule has 2 aromatic carbocycles. The monoisotopic (exact) mass is 750 g/mol. The number of sulfonamides is 1. The van der Waals surface area contributed by atoms with Gasteiger partial charge in [-0.1, -0.05) is 37.1 Å². The molecule has 3 fully saturated rings. The number of aromatic nitrogens is 2. The second kappa shape index (κ2) is 14.4. The number of fused-ring (bicyclic) bond motifs is 3. The van der Waals surface area contributed by atoms with E-state index in [1.54, 1.807) is 13.0 Å². The Labute approximate surface area is 305 Å². The van der Waals surface area contributed by atoms with Crippen LogP contribution in [0.3, 0.4) is 0 Å². The number of rotatable bonds is 7. The number of hydrogen-bond donors (Lipinski definition) is 3. The molecule has 2 aliphatic heterocycles. The number of nitrogens with one attached hydrogen (secondary N) is 3. The highest BCUT2D eigenvalue weighted by molar-refractivity contribution is 7.91. The van der Waals surface area contributed by atoms with Crippen LogP contribution in [0.2, 0.25) is 0 Å². The lowest BCUT2D eigenvalue weighted by atomic mass is 10.0. The summed E-state index contributed by atoms with van der Waals surface area (Å²) in [5, 5.41) is 4.88. The van der Waals surface area contributed by atoms with E-state index >= 15 is 0 Å². The first-order valence-corrected chi connectivity index (χ1v) is 19.4. The van der Waals surface area contributed by atoms with Gasteiger partial charge in [0.2, 0.25) is 27.7 Å². The van der Waals surface area contributed by atoms with Crippen LogP contribution >= 0.6 is 0 Å². The van der Waals surface area contributed by atoms with Crippen molar-refractivity contribution in [1.82, 2.24) is 30.2 Å². The quantitative estimate of drug-likeness (QED) is 0.306. The topological polar surface area (TPSA) is 177 Å².